The van der Waals surface area contributed by atoms with Crippen LogP contribution in [0.4, 0.5) is 5.82 Å². The summed E-state index contributed by atoms with van der Waals surface area (Å²) in [6.07, 6.45) is 2.32. The molecule has 0 saturated carbocycles. The second kappa shape index (κ2) is 5.53. The molecule has 0 saturated heterocycles. The molecule has 0 bridgehead atoms. The maximum atomic E-state index is 11.0. The molecule has 1 heterocycles. The monoisotopic (exact) mass is 292 g/mol. The Morgan fingerprint density at radius 2 is 2.17 bits per heavy atom. The van der Waals surface area contributed by atoms with Crippen LogP contribution < -0.4 is 4.90 Å². The molecule has 0 aliphatic rings. The van der Waals surface area contributed by atoms with Crippen molar-refractivity contribution in [2.75, 3.05) is 30.5 Å². The van der Waals surface area contributed by atoms with Gasteiger partial charge in [-0.25, -0.2) is 18.2 Å². The number of halogens is 1. The minimum Gasteiger partial charge on any atom is -0.478 e. The van der Waals surface area contributed by atoms with E-state index in [2.05, 4.69) is 4.98 Å². The fourth-order valence-corrected chi connectivity index (χ4v) is 2.15. The Bertz CT molecular complexity index is 559. The molecule has 1 N–H and O–H groups in total. The number of carbonyl (C=O) groups is 1. The van der Waals surface area contributed by atoms with E-state index in [1.54, 1.807) is 11.9 Å². The highest BCUT2D eigenvalue weighted by atomic mass is 35.5. The van der Waals surface area contributed by atoms with Crippen LogP contribution in [-0.4, -0.2) is 50.1 Å². The SMILES string of the molecule is CN(CCS(C)(=O)=O)c1ncc(C(=O)O)cc1Cl. The van der Waals surface area contributed by atoms with Crippen molar-refractivity contribution in [3.8, 4) is 0 Å². The highest BCUT2D eigenvalue weighted by Gasteiger charge is 2.13. The van der Waals surface area contributed by atoms with Crippen molar-refractivity contribution in [3.05, 3.63) is 22.8 Å². The molecule has 8 heteroatoms. The number of rotatable bonds is 5. The van der Waals surface area contributed by atoms with Crippen molar-refractivity contribution in [2.45, 2.75) is 0 Å². The molecule has 0 unspecified atom stereocenters. The van der Waals surface area contributed by atoms with Gasteiger partial charge < -0.3 is 10.0 Å². The summed E-state index contributed by atoms with van der Waals surface area (Å²) in [6.45, 7) is 0.234. The first-order chi connectivity index (χ1) is 8.20. The summed E-state index contributed by atoms with van der Waals surface area (Å²) in [5.41, 5.74) is -0.0136. The van der Waals surface area contributed by atoms with Gasteiger partial charge in [0.25, 0.3) is 0 Å². The molecule has 100 valence electrons. The highest BCUT2D eigenvalue weighted by molar-refractivity contribution is 7.90. The van der Waals surface area contributed by atoms with Gasteiger partial charge in [-0.1, -0.05) is 11.6 Å². The van der Waals surface area contributed by atoms with Crippen LogP contribution in [0.3, 0.4) is 0 Å². The number of aromatic nitrogens is 1. The standard InChI is InChI=1S/C10H13ClN2O4S/c1-13(3-4-18(2,16)17)9-8(11)5-7(6-12-9)10(14)15/h5-6H,3-4H2,1-2H3,(H,14,15). The van der Waals surface area contributed by atoms with Gasteiger partial charge in [0, 0.05) is 26.0 Å². The first kappa shape index (κ1) is 14.7. The molecule has 1 aromatic rings. The first-order valence-electron chi connectivity index (χ1n) is 4.98. The predicted molar refractivity (Wildman–Crippen MR) is 69.2 cm³/mol. The van der Waals surface area contributed by atoms with Crippen LogP contribution >= 0.6 is 11.6 Å². The summed E-state index contributed by atoms with van der Waals surface area (Å²) < 4.78 is 22.1. The molecule has 0 spiro atoms. The van der Waals surface area contributed by atoms with Crippen LogP contribution in [-0.2, 0) is 9.84 Å². The van der Waals surface area contributed by atoms with E-state index in [-0.39, 0.29) is 22.9 Å². The van der Waals surface area contributed by atoms with Crippen LogP contribution in [0.15, 0.2) is 12.3 Å². The van der Waals surface area contributed by atoms with Gasteiger partial charge in [0.1, 0.15) is 15.7 Å². The van der Waals surface area contributed by atoms with Gasteiger partial charge in [-0.05, 0) is 6.07 Å². The Morgan fingerprint density at radius 3 is 2.61 bits per heavy atom. The molecule has 0 atom stereocenters. The number of anilines is 1. The molecular weight excluding hydrogens is 280 g/mol. The average Bonchev–Trinajstić information content (AvgIpc) is 2.24. The lowest BCUT2D eigenvalue weighted by atomic mass is 10.3. The highest BCUT2D eigenvalue weighted by Crippen LogP contribution is 2.23. The second-order valence-corrected chi connectivity index (χ2v) is 6.55. The van der Waals surface area contributed by atoms with Crippen molar-refractivity contribution in [3.63, 3.8) is 0 Å². The molecule has 18 heavy (non-hydrogen) atoms. The third-order valence-electron chi connectivity index (χ3n) is 2.23. The van der Waals surface area contributed by atoms with Crippen LogP contribution in [0, 0.1) is 0 Å². The summed E-state index contributed by atoms with van der Waals surface area (Å²) in [5, 5.41) is 8.93. The lowest BCUT2D eigenvalue weighted by molar-refractivity contribution is 0.0696. The van der Waals surface area contributed by atoms with Crippen molar-refractivity contribution < 1.29 is 18.3 Å². The topological polar surface area (TPSA) is 87.6 Å². The number of sulfone groups is 1. The van der Waals surface area contributed by atoms with E-state index < -0.39 is 15.8 Å². The Kier molecular flexibility index (Phi) is 4.53. The summed E-state index contributed by atoms with van der Waals surface area (Å²) in [7, 11) is -1.43. The fraction of sp³-hybridized carbons (Fsp3) is 0.400. The third-order valence-corrected chi connectivity index (χ3v) is 3.43. The molecule has 0 amide bonds. The maximum Gasteiger partial charge on any atom is 0.337 e. The molecule has 0 fully saturated rings. The number of carboxylic acids is 1. The lowest BCUT2D eigenvalue weighted by Gasteiger charge is -2.18. The Balaban J connectivity index is 2.87. The largest absolute Gasteiger partial charge is 0.478 e. The minimum absolute atomic E-state index is 0.0136. The summed E-state index contributed by atoms with van der Waals surface area (Å²) >= 11 is 5.90. The van der Waals surface area contributed by atoms with Crippen LogP contribution in [0.5, 0.6) is 0 Å². The lowest BCUT2D eigenvalue weighted by Crippen LogP contribution is -2.26. The Labute approximate surface area is 110 Å². The van der Waals surface area contributed by atoms with Crippen LogP contribution in [0.1, 0.15) is 10.4 Å². The van der Waals surface area contributed by atoms with Crippen molar-refractivity contribution in [1.82, 2.24) is 4.98 Å². The van der Waals surface area contributed by atoms with E-state index in [1.807, 2.05) is 0 Å². The smallest absolute Gasteiger partial charge is 0.337 e. The molecule has 0 aromatic carbocycles. The van der Waals surface area contributed by atoms with Gasteiger partial charge >= 0.3 is 5.97 Å². The van der Waals surface area contributed by atoms with Gasteiger partial charge in [0.2, 0.25) is 0 Å². The molecule has 0 aliphatic carbocycles. The fourth-order valence-electron chi connectivity index (χ4n) is 1.24. The van der Waals surface area contributed by atoms with Crippen molar-refractivity contribution >= 4 is 33.2 Å². The minimum atomic E-state index is -3.07. The zero-order valence-electron chi connectivity index (χ0n) is 9.92. The maximum absolute atomic E-state index is 11.0. The molecule has 1 rings (SSSR count). The van der Waals surface area contributed by atoms with Gasteiger partial charge in [-0.3, -0.25) is 0 Å². The van der Waals surface area contributed by atoms with E-state index in [1.165, 1.54) is 12.3 Å². The van der Waals surface area contributed by atoms with Crippen molar-refractivity contribution in [2.24, 2.45) is 0 Å². The van der Waals surface area contributed by atoms with Gasteiger partial charge in [0.05, 0.1) is 16.3 Å². The average molecular weight is 293 g/mol. The number of carboxylic acid groups (broad SMARTS) is 1. The second-order valence-electron chi connectivity index (χ2n) is 3.89. The summed E-state index contributed by atoms with van der Waals surface area (Å²) in [5.74, 6) is -0.789. The van der Waals surface area contributed by atoms with Crippen LogP contribution in [0.25, 0.3) is 0 Å². The van der Waals surface area contributed by atoms with Crippen LogP contribution in [0.2, 0.25) is 5.02 Å². The van der Waals surface area contributed by atoms with Gasteiger partial charge in [-0.15, -0.1) is 0 Å². The van der Waals surface area contributed by atoms with Gasteiger partial charge in [-0.2, -0.15) is 0 Å². The number of aromatic carboxylic acids is 1. The summed E-state index contributed by atoms with van der Waals surface area (Å²) in [4.78, 5) is 16.2. The normalized spacial score (nSPS) is 11.3. The molecule has 0 radical (unpaired) electrons. The van der Waals surface area contributed by atoms with E-state index >= 15 is 0 Å². The molecule has 1 aromatic heterocycles. The number of hydrogen-bond donors (Lipinski definition) is 1. The number of pyridine rings is 1. The first-order valence-corrected chi connectivity index (χ1v) is 7.42. The molecule has 6 nitrogen and oxygen atoms in total. The third kappa shape index (κ3) is 4.15. The Morgan fingerprint density at radius 1 is 1.56 bits per heavy atom. The quantitative estimate of drug-likeness (QED) is 0.868. The Hall–Kier alpha value is -1.34. The zero-order chi connectivity index (χ0) is 13.9. The van der Waals surface area contributed by atoms with E-state index in [9.17, 15) is 13.2 Å². The van der Waals surface area contributed by atoms with E-state index in [4.69, 9.17) is 16.7 Å². The van der Waals surface area contributed by atoms with Crippen molar-refractivity contribution in [1.29, 1.82) is 0 Å². The van der Waals surface area contributed by atoms with E-state index in [0.717, 1.165) is 6.26 Å². The summed E-state index contributed by atoms with van der Waals surface area (Å²) in [6, 6.07) is 1.28. The van der Waals surface area contributed by atoms with E-state index in [0.29, 0.717) is 5.82 Å². The number of hydrogen-bond acceptors (Lipinski definition) is 5. The molecular formula is C10H13ClN2O4S. The number of nitrogens with zero attached hydrogens (tertiary/aromatic N) is 2. The van der Waals surface area contributed by atoms with Gasteiger partial charge in [0.15, 0.2) is 0 Å². The zero-order valence-corrected chi connectivity index (χ0v) is 11.5. The predicted octanol–water partition coefficient (Wildman–Crippen LogP) is 0.914. The molecule has 0 aliphatic heterocycles.